The predicted octanol–water partition coefficient (Wildman–Crippen LogP) is 5.72. The van der Waals surface area contributed by atoms with Crippen LogP contribution in [0.15, 0.2) is 36.0 Å². The number of pyridine rings is 1. The van der Waals surface area contributed by atoms with Crippen molar-refractivity contribution in [2.75, 3.05) is 30.4 Å². The van der Waals surface area contributed by atoms with E-state index >= 15 is 0 Å². The van der Waals surface area contributed by atoms with Crippen LogP contribution in [0.4, 0.5) is 17.2 Å². The van der Waals surface area contributed by atoms with Crippen molar-refractivity contribution in [2.24, 2.45) is 5.92 Å². The molecule has 9 nitrogen and oxygen atoms in total. The predicted molar refractivity (Wildman–Crippen MR) is 160 cm³/mol. The first-order valence-electron chi connectivity index (χ1n) is 13.9. The van der Waals surface area contributed by atoms with E-state index in [1.807, 2.05) is 64.4 Å². The summed E-state index contributed by atoms with van der Waals surface area (Å²) < 4.78 is 6.46. The summed E-state index contributed by atoms with van der Waals surface area (Å²) in [6.45, 7) is 11.9. The van der Waals surface area contributed by atoms with E-state index in [9.17, 15) is 9.59 Å². The Balaban J connectivity index is 0.00000205. The molecule has 1 aromatic carbocycles. The molecule has 2 amide bonds. The lowest BCUT2D eigenvalue weighted by Crippen LogP contribution is -2.37. The summed E-state index contributed by atoms with van der Waals surface area (Å²) in [5, 5.41) is 12.7. The molecule has 212 valence electrons. The van der Waals surface area contributed by atoms with Crippen LogP contribution in [0.2, 0.25) is 0 Å². The van der Waals surface area contributed by atoms with Crippen LogP contribution in [-0.4, -0.2) is 53.6 Å². The highest BCUT2D eigenvalue weighted by Crippen LogP contribution is 2.26. The van der Waals surface area contributed by atoms with Crippen LogP contribution in [0.1, 0.15) is 70.7 Å². The molecule has 0 unspecified atom stereocenters. The fraction of sp³-hybridized carbons (Fsp3) is 0.517. The van der Waals surface area contributed by atoms with E-state index in [1.54, 1.807) is 17.5 Å². The average molecular weight is 555 g/mol. The molecule has 2 aromatic heterocycles. The first kappa shape index (κ1) is 30.3. The van der Waals surface area contributed by atoms with Crippen molar-refractivity contribution < 1.29 is 14.3 Å². The third kappa shape index (κ3) is 9.47. The molecular formula is C29H42N6O3S. The summed E-state index contributed by atoms with van der Waals surface area (Å²) in [5.74, 6) is 0.905. The summed E-state index contributed by atoms with van der Waals surface area (Å²) in [5.41, 5.74) is 4.89. The highest BCUT2D eigenvalue weighted by atomic mass is 32.1. The van der Waals surface area contributed by atoms with Gasteiger partial charge in [-0.25, -0.2) is 9.97 Å². The van der Waals surface area contributed by atoms with Crippen LogP contribution in [-0.2, 0) is 9.53 Å². The number of nitrogens with zero attached hydrogens (tertiary/aromatic N) is 2. The molecule has 0 aliphatic carbocycles. The summed E-state index contributed by atoms with van der Waals surface area (Å²) in [4.78, 5) is 34.1. The molecule has 4 rings (SSSR count). The quantitative estimate of drug-likeness (QED) is 0.239. The van der Waals surface area contributed by atoms with Crippen LogP contribution in [0.3, 0.4) is 0 Å². The van der Waals surface area contributed by atoms with Crippen molar-refractivity contribution in [3.05, 3.63) is 41.5 Å². The van der Waals surface area contributed by atoms with E-state index in [0.29, 0.717) is 42.4 Å². The van der Waals surface area contributed by atoms with Gasteiger partial charge in [0.15, 0.2) is 0 Å². The molecule has 0 radical (unpaired) electrons. The van der Waals surface area contributed by atoms with E-state index < -0.39 is 0 Å². The molecule has 39 heavy (non-hydrogen) atoms. The van der Waals surface area contributed by atoms with Crippen molar-refractivity contribution in [3.63, 3.8) is 0 Å². The Kier molecular flexibility index (Phi) is 11.9. The van der Waals surface area contributed by atoms with Crippen molar-refractivity contribution >= 4 is 50.6 Å². The van der Waals surface area contributed by atoms with Gasteiger partial charge in [-0.15, -0.1) is 11.3 Å². The smallest absolute Gasteiger partial charge is 0.254 e. The van der Waals surface area contributed by atoms with Gasteiger partial charge in [-0.2, -0.15) is 0 Å². The number of thiazole rings is 1. The van der Waals surface area contributed by atoms with Crippen LogP contribution >= 0.6 is 11.3 Å². The molecule has 1 saturated heterocycles. The second-order valence-electron chi connectivity index (χ2n) is 9.85. The molecule has 0 bridgehead atoms. The molecule has 1 atom stereocenters. The number of rotatable bonds is 11. The normalized spacial score (nSPS) is 14.3. The minimum atomic E-state index is -0.200. The van der Waals surface area contributed by atoms with Gasteiger partial charge in [0.25, 0.3) is 5.91 Å². The van der Waals surface area contributed by atoms with Crippen molar-refractivity contribution in [1.82, 2.24) is 20.6 Å². The number of ether oxygens (including phenoxy) is 1. The van der Waals surface area contributed by atoms with E-state index in [4.69, 9.17) is 4.74 Å². The Morgan fingerprint density at radius 2 is 1.87 bits per heavy atom. The minimum Gasteiger partial charge on any atom is -0.382 e. The van der Waals surface area contributed by atoms with Gasteiger partial charge in [0, 0.05) is 56.2 Å². The molecule has 4 N–H and O–H groups in total. The summed E-state index contributed by atoms with van der Waals surface area (Å²) in [6.07, 6.45) is 4.65. The molecule has 3 aromatic rings. The lowest BCUT2D eigenvalue weighted by atomic mass is 9.96. The molecule has 1 aliphatic rings. The first-order chi connectivity index (χ1) is 18.9. The van der Waals surface area contributed by atoms with Crippen LogP contribution < -0.4 is 21.3 Å². The zero-order chi connectivity index (χ0) is 28.2. The first-order valence-corrected chi connectivity index (χ1v) is 14.8. The maximum absolute atomic E-state index is 13.0. The lowest BCUT2D eigenvalue weighted by Gasteiger charge is -2.22. The number of aromatic nitrogens is 2. The number of benzene rings is 1. The van der Waals surface area contributed by atoms with Gasteiger partial charge >= 0.3 is 0 Å². The molecule has 10 heteroatoms. The SMILES string of the molecule is CC.CC(C)Nc1cc(Nc2ccc3ncsc3c2)ncc1C(=O)NCC[C@@H](C)NC(=O)CC1CCOCC1. The Morgan fingerprint density at radius 1 is 1.10 bits per heavy atom. The summed E-state index contributed by atoms with van der Waals surface area (Å²) in [6, 6.07) is 7.93. The molecule has 1 aliphatic heterocycles. The maximum Gasteiger partial charge on any atom is 0.254 e. The average Bonchev–Trinajstić information content (AvgIpc) is 3.38. The van der Waals surface area contributed by atoms with Gasteiger partial charge in [-0.05, 0) is 64.2 Å². The highest BCUT2D eigenvalue weighted by Gasteiger charge is 2.19. The molecule has 0 saturated carbocycles. The maximum atomic E-state index is 13.0. The third-order valence-corrected chi connectivity index (χ3v) is 7.07. The van der Waals surface area contributed by atoms with Crippen molar-refractivity contribution in [3.8, 4) is 0 Å². The minimum absolute atomic E-state index is 0.0264. The molecular weight excluding hydrogens is 512 g/mol. The topological polar surface area (TPSA) is 117 Å². The molecule has 0 spiro atoms. The number of hydrogen-bond donors (Lipinski definition) is 4. The largest absolute Gasteiger partial charge is 0.382 e. The van der Waals surface area contributed by atoms with E-state index in [1.165, 1.54) is 0 Å². The molecule has 1 fully saturated rings. The second kappa shape index (κ2) is 15.4. The van der Waals surface area contributed by atoms with E-state index in [-0.39, 0.29) is 23.9 Å². The van der Waals surface area contributed by atoms with Crippen LogP contribution in [0, 0.1) is 5.92 Å². The highest BCUT2D eigenvalue weighted by molar-refractivity contribution is 7.16. The number of fused-ring (bicyclic) bond motifs is 1. The fourth-order valence-corrected chi connectivity index (χ4v) is 5.05. The zero-order valence-corrected chi connectivity index (χ0v) is 24.5. The van der Waals surface area contributed by atoms with Gasteiger partial charge in [0.2, 0.25) is 5.91 Å². The Morgan fingerprint density at radius 3 is 2.62 bits per heavy atom. The third-order valence-electron chi connectivity index (χ3n) is 6.28. The second-order valence-corrected chi connectivity index (χ2v) is 10.7. The number of amides is 2. The molecule has 3 heterocycles. The monoisotopic (exact) mass is 554 g/mol. The number of carbonyl (C=O) groups excluding carboxylic acids is 2. The number of hydrogen-bond acceptors (Lipinski definition) is 8. The Labute approximate surface area is 235 Å². The van der Waals surface area contributed by atoms with Crippen molar-refractivity contribution in [1.29, 1.82) is 0 Å². The van der Waals surface area contributed by atoms with Gasteiger partial charge < -0.3 is 26.0 Å². The standard InChI is InChI=1S/C27H36N6O3S.C2H6/c1-17(2)31-23-14-25(33-20-4-5-22-24(13-20)37-16-30-22)29-15-21(23)27(35)28-9-6-18(3)32-26(34)12-19-7-10-36-11-8-19;1-2/h4-5,13-19H,6-12H2,1-3H3,(H,28,35)(H,32,34)(H2,29,31,33);1-2H3/t18-;/m1./s1. The number of anilines is 3. The fourth-order valence-electron chi connectivity index (χ4n) is 4.33. The summed E-state index contributed by atoms with van der Waals surface area (Å²) in [7, 11) is 0. The lowest BCUT2D eigenvalue weighted by molar-refractivity contribution is -0.123. The number of carbonyl (C=O) groups is 2. The zero-order valence-electron chi connectivity index (χ0n) is 23.7. The van der Waals surface area contributed by atoms with Crippen LogP contribution in [0.25, 0.3) is 10.2 Å². The summed E-state index contributed by atoms with van der Waals surface area (Å²) >= 11 is 1.59. The van der Waals surface area contributed by atoms with Crippen molar-refractivity contribution in [2.45, 2.75) is 72.4 Å². The van der Waals surface area contributed by atoms with Crippen LogP contribution in [0.5, 0.6) is 0 Å². The van der Waals surface area contributed by atoms with Gasteiger partial charge in [-0.1, -0.05) is 13.8 Å². The Bertz CT molecular complexity index is 1210. The van der Waals surface area contributed by atoms with Gasteiger partial charge in [0.1, 0.15) is 5.82 Å². The van der Waals surface area contributed by atoms with Gasteiger partial charge in [-0.3, -0.25) is 9.59 Å². The van der Waals surface area contributed by atoms with E-state index in [0.717, 1.165) is 42.0 Å². The van der Waals surface area contributed by atoms with Gasteiger partial charge in [0.05, 0.1) is 27.0 Å². The Hall–Kier alpha value is -3.24. The van der Waals surface area contributed by atoms with E-state index in [2.05, 4.69) is 31.2 Å². The number of nitrogens with one attached hydrogen (secondary N) is 4.